The van der Waals surface area contributed by atoms with E-state index in [-0.39, 0.29) is 0 Å². The molecular weight excluding hydrogens is 146 g/mol. The van der Waals surface area contributed by atoms with Gasteiger partial charge in [0.05, 0.1) is 5.71 Å². The summed E-state index contributed by atoms with van der Waals surface area (Å²) in [6.45, 7) is 12.4. The molecule has 0 atom stereocenters. The number of nitrogens with zero attached hydrogens (tertiary/aromatic N) is 1. The molecule has 0 amide bonds. The SMILES string of the molecule is C=C/C=C\C(=NCCC)C(=C)C. The molecule has 0 fully saturated rings. The van der Waals surface area contributed by atoms with Crippen molar-refractivity contribution in [3.8, 4) is 0 Å². The van der Waals surface area contributed by atoms with E-state index in [2.05, 4.69) is 25.1 Å². The molecule has 0 aromatic carbocycles. The zero-order valence-electron chi connectivity index (χ0n) is 8.01. The third-order valence-electron chi connectivity index (χ3n) is 1.33. The van der Waals surface area contributed by atoms with Crippen LogP contribution in [0.25, 0.3) is 0 Å². The maximum atomic E-state index is 4.36. The van der Waals surface area contributed by atoms with Gasteiger partial charge in [-0.2, -0.15) is 0 Å². The molecule has 0 aliphatic rings. The Labute approximate surface area is 75.2 Å². The molecule has 0 aromatic rings. The normalized spacial score (nSPS) is 12.0. The van der Waals surface area contributed by atoms with Crippen LogP contribution < -0.4 is 0 Å². The zero-order valence-corrected chi connectivity index (χ0v) is 8.01. The molecule has 0 aromatic heterocycles. The van der Waals surface area contributed by atoms with Gasteiger partial charge >= 0.3 is 0 Å². The third-order valence-corrected chi connectivity index (χ3v) is 1.33. The van der Waals surface area contributed by atoms with Crippen molar-refractivity contribution in [2.24, 2.45) is 4.99 Å². The fourth-order valence-corrected chi connectivity index (χ4v) is 0.721. The highest BCUT2D eigenvalue weighted by atomic mass is 14.7. The summed E-state index contributed by atoms with van der Waals surface area (Å²) in [5.74, 6) is 0. The van der Waals surface area contributed by atoms with Crippen molar-refractivity contribution in [1.29, 1.82) is 0 Å². The van der Waals surface area contributed by atoms with Crippen molar-refractivity contribution >= 4 is 5.71 Å². The Morgan fingerprint density at radius 2 is 2.17 bits per heavy atom. The Hall–Kier alpha value is -1.11. The predicted octanol–water partition coefficient (Wildman–Crippen LogP) is 3.16. The molecule has 1 heteroatoms. The van der Waals surface area contributed by atoms with Gasteiger partial charge in [0.25, 0.3) is 0 Å². The van der Waals surface area contributed by atoms with Gasteiger partial charge in [0.2, 0.25) is 0 Å². The maximum Gasteiger partial charge on any atom is 0.0597 e. The second-order valence-corrected chi connectivity index (χ2v) is 2.64. The van der Waals surface area contributed by atoms with Crippen LogP contribution in [-0.4, -0.2) is 12.3 Å². The number of aliphatic imine (C=N–C) groups is 1. The molecule has 0 aliphatic heterocycles. The second-order valence-electron chi connectivity index (χ2n) is 2.64. The molecule has 0 saturated heterocycles. The highest BCUT2D eigenvalue weighted by Crippen LogP contribution is 1.96. The molecule has 66 valence electrons. The molecule has 0 heterocycles. The average molecular weight is 163 g/mol. The molecule has 0 aliphatic carbocycles. The lowest BCUT2D eigenvalue weighted by molar-refractivity contribution is 0.933. The van der Waals surface area contributed by atoms with Crippen LogP contribution in [0, 0.1) is 0 Å². The van der Waals surface area contributed by atoms with Crippen LogP contribution in [0.4, 0.5) is 0 Å². The summed E-state index contributed by atoms with van der Waals surface area (Å²) in [5, 5.41) is 0. The van der Waals surface area contributed by atoms with Crippen LogP contribution in [0.15, 0.2) is 42.0 Å². The van der Waals surface area contributed by atoms with Crippen LogP contribution in [0.5, 0.6) is 0 Å². The lowest BCUT2D eigenvalue weighted by atomic mass is 10.2. The van der Waals surface area contributed by atoms with Crippen molar-refractivity contribution in [2.45, 2.75) is 20.3 Å². The molecule has 12 heavy (non-hydrogen) atoms. The number of rotatable bonds is 5. The van der Waals surface area contributed by atoms with Gasteiger partial charge in [0.15, 0.2) is 0 Å². The topological polar surface area (TPSA) is 12.4 Å². The Kier molecular flexibility index (Phi) is 5.98. The summed E-state index contributed by atoms with van der Waals surface area (Å²) >= 11 is 0. The van der Waals surface area contributed by atoms with Gasteiger partial charge in [-0.25, -0.2) is 0 Å². The van der Waals surface area contributed by atoms with E-state index in [0.717, 1.165) is 24.3 Å². The Balaban J connectivity index is 4.32. The molecule has 1 nitrogen and oxygen atoms in total. The van der Waals surface area contributed by atoms with Gasteiger partial charge in [0, 0.05) is 6.54 Å². The average Bonchev–Trinajstić information content (AvgIpc) is 2.04. The van der Waals surface area contributed by atoms with Crippen molar-refractivity contribution < 1.29 is 0 Å². The van der Waals surface area contributed by atoms with Gasteiger partial charge in [-0.15, -0.1) is 0 Å². The first-order valence-corrected chi connectivity index (χ1v) is 4.21. The van der Waals surface area contributed by atoms with E-state index in [1.165, 1.54) is 0 Å². The van der Waals surface area contributed by atoms with Gasteiger partial charge in [0.1, 0.15) is 0 Å². The number of hydrogen-bond donors (Lipinski definition) is 0. The van der Waals surface area contributed by atoms with Crippen LogP contribution in [-0.2, 0) is 0 Å². The molecule has 0 rings (SSSR count). The predicted molar refractivity (Wildman–Crippen MR) is 56.7 cm³/mol. The van der Waals surface area contributed by atoms with E-state index in [1.807, 2.05) is 19.1 Å². The summed E-state index contributed by atoms with van der Waals surface area (Å²) in [5.41, 5.74) is 1.97. The molecule has 0 bridgehead atoms. The summed E-state index contributed by atoms with van der Waals surface area (Å²) < 4.78 is 0. The molecule has 0 N–H and O–H groups in total. The largest absolute Gasteiger partial charge is 0.285 e. The Bertz CT molecular complexity index is 209. The van der Waals surface area contributed by atoms with Crippen LogP contribution in [0.1, 0.15) is 20.3 Å². The first-order valence-electron chi connectivity index (χ1n) is 4.21. The van der Waals surface area contributed by atoms with Crippen LogP contribution in [0.3, 0.4) is 0 Å². The van der Waals surface area contributed by atoms with E-state index in [4.69, 9.17) is 0 Å². The van der Waals surface area contributed by atoms with Gasteiger partial charge in [-0.3, -0.25) is 4.99 Å². The lowest BCUT2D eigenvalue weighted by Crippen LogP contribution is -1.95. The minimum Gasteiger partial charge on any atom is -0.285 e. The van der Waals surface area contributed by atoms with Gasteiger partial charge in [-0.1, -0.05) is 32.2 Å². The van der Waals surface area contributed by atoms with Crippen molar-refractivity contribution in [3.05, 3.63) is 37.0 Å². The summed E-state index contributed by atoms with van der Waals surface area (Å²) in [6, 6.07) is 0. The quantitative estimate of drug-likeness (QED) is 0.436. The minimum atomic E-state index is 0.865. The van der Waals surface area contributed by atoms with Crippen molar-refractivity contribution in [2.75, 3.05) is 6.54 Å². The Morgan fingerprint density at radius 3 is 2.58 bits per heavy atom. The number of allylic oxidation sites excluding steroid dienone is 4. The van der Waals surface area contributed by atoms with E-state index in [9.17, 15) is 0 Å². The lowest BCUT2D eigenvalue weighted by Gasteiger charge is -1.98. The molecule has 0 radical (unpaired) electrons. The van der Waals surface area contributed by atoms with E-state index in [1.54, 1.807) is 6.08 Å². The zero-order chi connectivity index (χ0) is 9.40. The molecule has 0 spiro atoms. The van der Waals surface area contributed by atoms with Crippen molar-refractivity contribution in [1.82, 2.24) is 0 Å². The fourth-order valence-electron chi connectivity index (χ4n) is 0.721. The van der Waals surface area contributed by atoms with E-state index in [0.29, 0.717) is 0 Å². The molecular formula is C11H17N. The summed E-state index contributed by atoms with van der Waals surface area (Å²) in [6.07, 6.45) is 6.62. The first kappa shape index (κ1) is 10.9. The van der Waals surface area contributed by atoms with Gasteiger partial charge < -0.3 is 0 Å². The fraction of sp³-hybridized carbons (Fsp3) is 0.364. The minimum absolute atomic E-state index is 0.865. The number of hydrogen-bond acceptors (Lipinski definition) is 1. The van der Waals surface area contributed by atoms with Crippen molar-refractivity contribution in [3.63, 3.8) is 0 Å². The van der Waals surface area contributed by atoms with E-state index >= 15 is 0 Å². The van der Waals surface area contributed by atoms with Gasteiger partial charge in [-0.05, 0) is 25.0 Å². The highest BCUT2D eigenvalue weighted by molar-refractivity contribution is 6.07. The summed E-state index contributed by atoms with van der Waals surface area (Å²) in [7, 11) is 0. The summed E-state index contributed by atoms with van der Waals surface area (Å²) in [4.78, 5) is 4.36. The first-order chi connectivity index (χ1) is 5.72. The maximum absolute atomic E-state index is 4.36. The highest BCUT2D eigenvalue weighted by Gasteiger charge is 1.92. The third kappa shape index (κ3) is 4.67. The smallest absolute Gasteiger partial charge is 0.0597 e. The molecule has 0 unspecified atom stereocenters. The van der Waals surface area contributed by atoms with Crippen LogP contribution in [0.2, 0.25) is 0 Å². The second kappa shape index (κ2) is 6.59. The van der Waals surface area contributed by atoms with E-state index < -0.39 is 0 Å². The Morgan fingerprint density at radius 1 is 1.50 bits per heavy atom. The monoisotopic (exact) mass is 163 g/mol. The standard InChI is InChI=1S/C11H17N/c1-5-7-8-11(10(3)4)12-9-6-2/h5,7-8H,1,3,6,9H2,2,4H3/b8-7-,12-11?. The molecule has 0 saturated carbocycles. The van der Waals surface area contributed by atoms with Crippen LogP contribution >= 0.6 is 0 Å².